The molecule has 26 heavy (non-hydrogen) atoms. The molecule has 0 bridgehead atoms. The van der Waals surface area contributed by atoms with Gasteiger partial charge in [-0.1, -0.05) is 36.0 Å². The van der Waals surface area contributed by atoms with E-state index >= 15 is 0 Å². The zero-order valence-electron chi connectivity index (χ0n) is 14.1. The van der Waals surface area contributed by atoms with E-state index in [1.807, 2.05) is 48.5 Å². The van der Waals surface area contributed by atoms with Gasteiger partial charge in [-0.2, -0.15) is 0 Å². The Morgan fingerprint density at radius 2 is 1.92 bits per heavy atom. The second-order valence-corrected chi connectivity index (χ2v) is 7.21. The van der Waals surface area contributed by atoms with E-state index in [0.717, 1.165) is 40.1 Å². The highest BCUT2D eigenvalue weighted by atomic mass is 32.2. The molecule has 6 nitrogen and oxygen atoms in total. The van der Waals surface area contributed by atoms with Crippen LogP contribution in [0.4, 0.5) is 0 Å². The summed E-state index contributed by atoms with van der Waals surface area (Å²) < 4.78 is 5.83. The predicted octanol–water partition coefficient (Wildman–Crippen LogP) is 2.91. The summed E-state index contributed by atoms with van der Waals surface area (Å²) in [5, 5.41) is 9.12. The van der Waals surface area contributed by atoms with E-state index in [1.54, 1.807) is 0 Å². The number of thioether (sulfide) groups is 1. The van der Waals surface area contributed by atoms with Crippen molar-refractivity contribution in [3.63, 3.8) is 0 Å². The van der Waals surface area contributed by atoms with Crippen LogP contribution in [0.15, 0.2) is 64.2 Å². The molecule has 0 unspecified atom stereocenters. The van der Waals surface area contributed by atoms with Gasteiger partial charge < -0.3 is 21.0 Å². The molecule has 3 rings (SSSR count). The Morgan fingerprint density at radius 3 is 2.54 bits per heavy atom. The lowest BCUT2D eigenvalue weighted by Crippen LogP contribution is -2.29. The molecule has 2 aromatic carbocycles. The Balaban J connectivity index is 1.71. The number of hydrogen-bond donors (Lipinski definition) is 4. The van der Waals surface area contributed by atoms with Gasteiger partial charge in [-0.05, 0) is 54.2 Å². The molecule has 0 aromatic heterocycles. The molecule has 136 valence electrons. The highest BCUT2D eigenvalue weighted by molar-refractivity contribution is 8.03. The van der Waals surface area contributed by atoms with Crippen LogP contribution in [-0.2, 0) is 4.79 Å². The fourth-order valence-corrected chi connectivity index (χ4v) is 3.17. The number of carbonyl (C=O) groups is 1. The number of rotatable bonds is 8. The number of aliphatic carboxylic acids is 1. The highest BCUT2D eigenvalue weighted by Crippen LogP contribution is 2.31. The van der Waals surface area contributed by atoms with Gasteiger partial charge in [0.05, 0.1) is 6.61 Å². The summed E-state index contributed by atoms with van der Waals surface area (Å²) in [6.07, 6.45) is 2.53. The minimum atomic E-state index is -1.20. The molecule has 0 aliphatic heterocycles. The van der Waals surface area contributed by atoms with Crippen molar-refractivity contribution in [2.45, 2.75) is 17.7 Å². The lowest BCUT2D eigenvalue weighted by Gasteiger charge is -2.09. The summed E-state index contributed by atoms with van der Waals surface area (Å²) in [6.45, 7) is 0.783. The van der Waals surface area contributed by atoms with Crippen molar-refractivity contribution >= 4 is 17.7 Å². The molecular formula is C19H21N3O3S. The smallest absolute Gasteiger partial charge is 0.356 e. The minimum absolute atomic E-state index is 0.100. The largest absolute Gasteiger partial charge is 0.493 e. The summed E-state index contributed by atoms with van der Waals surface area (Å²) in [6, 6.07) is 15.7. The van der Waals surface area contributed by atoms with Gasteiger partial charge in [-0.15, -0.1) is 0 Å². The summed E-state index contributed by atoms with van der Waals surface area (Å²) >= 11 is 1.14. The molecule has 0 spiro atoms. The molecule has 0 heterocycles. The van der Waals surface area contributed by atoms with Crippen molar-refractivity contribution in [1.29, 1.82) is 0 Å². The van der Waals surface area contributed by atoms with Gasteiger partial charge in [0.2, 0.25) is 0 Å². The molecule has 0 amide bonds. The van der Waals surface area contributed by atoms with E-state index in [-0.39, 0.29) is 10.7 Å². The molecule has 1 saturated carbocycles. The first-order valence-electron chi connectivity index (χ1n) is 8.27. The first-order chi connectivity index (χ1) is 12.6. The van der Waals surface area contributed by atoms with Gasteiger partial charge >= 0.3 is 5.97 Å². The number of hydrazine groups is 1. The van der Waals surface area contributed by atoms with Gasteiger partial charge in [-0.3, -0.25) is 5.84 Å². The van der Waals surface area contributed by atoms with E-state index in [0.29, 0.717) is 5.92 Å². The second kappa shape index (κ2) is 8.16. The monoisotopic (exact) mass is 371 g/mol. The van der Waals surface area contributed by atoms with E-state index in [4.69, 9.17) is 21.4 Å². The average molecular weight is 371 g/mol. The van der Waals surface area contributed by atoms with Gasteiger partial charge in [-0.25, -0.2) is 4.79 Å². The molecule has 1 fully saturated rings. The van der Waals surface area contributed by atoms with E-state index < -0.39 is 5.97 Å². The molecule has 0 atom stereocenters. The first kappa shape index (κ1) is 18.2. The molecule has 1 aliphatic rings. The summed E-state index contributed by atoms with van der Waals surface area (Å²) in [4.78, 5) is 11.8. The Kier molecular flexibility index (Phi) is 5.70. The maximum Gasteiger partial charge on any atom is 0.356 e. The van der Waals surface area contributed by atoms with Gasteiger partial charge in [0, 0.05) is 4.90 Å². The van der Waals surface area contributed by atoms with Crippen LogP contribution in [0, 0.1) is 5.92 Å². The SMILES string of the molecule is NN/C(C(=O)O)=C(\N)Sc1ccc(-c2cccc(OCC3CC3)c2)cc1. The van der Waals surface area contributed by atoms with E-state index in [9.17, 15) is 4.79 Å². The first-order valence-corrected chi connectivity index (χ1v) is 9.09. The van der Waals surface area contributed by atoms with Crippen molar-refractivity contribution in [2.75, 3.05) is 6.61 Å². The fraction of sp³-hybridized carbons (Fsp3) is 0.211. The topological polar surface area (TPSA) is 111 Å². The van der Waals surface area contributed by atoms with Crippen molar-refractivity contribution in [2.24, 2.45) is 17.5 Å². The maximum atomic E-state index is 11.0. The lowest BCUT2D eigenvalue weighted by molar-refractivity contribution is -0.133. The van der Waals surface area contributed by atoms with Crippen molar-refractivity contribution in [1.82, 2.24) is 5.43 Å². The van der Waals surface area contributed by atoms with E-state index in [2.05, 4.69) is 5.43 Å². The van der Waals surface area contributed by atoms with Crippen LogP contribution in [-0.4, -0.2) is 17.7 Å². The third-order valence-corrected chi connectivity index (χ3v) is 4.97. The van der Waals surface area contributed by atoms with Crippen LogP contribution in [0.25, 0.3) is 11.1 Å². The molecule has 0 saturated heterocycles. The molecular weight excluding hydrogens is 350 g/mol. The Hall–Kier alpha value is -2.64. The van der Waals surface area contributed by atoms with Crippen LogP contribution in [0.2, 0.25) is 0 Å². The molecule has 0 radical (unpaired) electrons. The zero-order valence-corrected chi connectivity index (χ0v) is 15.0. The summed E-state index contributed by atoms with van der Waals surface area (Å²) in [5.41, 5.74) is 9.79. The van der Waals surface area contributed by atoms with Gasteiger partial charge in [0.15, 0.2) is 5.70 Å². The Morgan fingerprint density at radius 1 is 1.19 bits per heavy atom. The van der Waals surface area contributed by atoms with Crippen LogP contribution < -0.4 is 21.7 Å². The molecule has 7 heteroatoms. The van der Waals surface area contributed by atoms with Gasteiger partial charge in [0.1, 0.15) is 10.8 Å². The zero-order chi connectivity index (χ0) is 18.5. The molecule has 1 aliphatic carbocycles. The number of nitrogens with two attached hydrogens (primary N) is 2. The van der Waals surface area contributed by atoms with Crippen LogP contribution in [0.1, 0.15) is 12.8 Å². The summed E-state index contributed by atoms with van der Waals surface area (Å²) in [7, 11) is 0. The van der Waals surface area contributed by atoms with Crippen LogP contribution >= 0.6 is 11.8 Å². The third-order valence-electron chi connectivity index (χ3n) is 4.04. The van der Waals surface area contributed by atoms with Crippen LogP contribution in [0.3, 0.4) is 0 Å². The quantitative estimate of drug-likeness (QED) is 0.244. The lowest BCUT2D eigenvalue weighted by atomic mass is 10.1. The van der Waals surface area contributed by atoms with Gasteiger partial charge in [0.25, 0.3) is 0 Å². The number of benzene rings is 2. The normalized spacial score (nSPS) is 14.5. The van der Waals surface area contributed by atoms with E-state index in [1.165, 1.54) is 12.8 Å². The maximum absolute atomic E-state index is 11.0. The predicted molar refractivity (Wildman–Crippen MR) is 102 cm³/mol. The third kappa shape index (κ3) is 4.71. The number of carboxylic acids is 1. The highest BCUT2D eigenvalue weighted by Gasteiger charge is 2.21. The number of ether oxygens (including phenoxy) is 1. The molecule has 6 N–H and O–H groups in total. The average Bonchev–Trinajstić information content (AvgIpc) is 3.45. The Bertz CT molecular complexity index is 817. The molecule has 2 aromatic rings. The number of hydrogen-bond acceptors (Lipinski definition) is 6. The van der Waals surface area contributed by atoms with Crippen molar-refractivity contribution in [3.05, 3.63) is 59.3 Å². The van der Waals surface area contributed by atoms with Crippen molar-refractivity contribution in [3.8, 4) is 16.9 Å². The standard InChI is InChI=1S/C19H21N3O3S/c20-18(17(22-21)19(23)24)26-16-8-6-13(7-9-16)14-2-1-3-15(10-14)25-11-12-4-5-12/h1-3,6-10,12,22H,4-5,11,20-21H2,(H,23,24)/b18-17+. The second-order valence-electron chi connectivity index (χ2n) is 6.10. The Labute approximate surface area is 156 Å². The van der Waals surface area contributed by atoms with Crippen molar-refractivity contribution < 1.29 is 14.6 Å². The summed E-state index contributed by atoms with van der Waals surface area (Å²) in [5.74, 6) is 5.59. The minimum Gasteiger partial charge on any atom is -0.493 e. The number of nitrogens with one attached hydrogen (secondary N) is 1. The fourth-order valence-electron chi connectivity index (χ4n) is 2.40. The number of carboxylic acid groups (broad SMARTS) is 1. The van der Waals surface area contributed by atoms with Crippen LogP contribution in [0.5, 0.6) is 5.75 Å².